The molecule has 6 heteroatoms. The highest BCUT2D eigenvalue weighted by Gasteiger charge is 2.39. The minimum atomic E-state index is 0.191. The Morgan fingerprint density at radius 2 is 2.12 bits per heavy atom. The molecule has 2 amide bonds. The van der Waals surface area contributed by atoms with Gasteiger partial charge in [0.1, 0.15) is 5.75 Å². The van der Waals surface area contributed by atoms with Crippen LogP contribution in [0.4, 0.5) is 0 Å². The quantitative estimate of drug-likeness (QED) is 0.834. The Hall–Kier alpha value is -2.08. The molecule has 1 aromatic carbocycles. The van der Waals surface area contributed by atoms with Crippen molar-refractivity contribution < 1.29 is 14.3 Å². The maximum absolute atomic E-state index is 12.7. The Kier molecular flexibility index (Phi) is 6.14. The normalized spacial score (nSPS) is 22.9. The monoisotopic (exact) mass is 359 g/mol. The number of amides is 2. The molecule has 3 rings (SSSR count). The van der Waals surface area contributed by atoms with E-state index in [1.165, 1.54) is 0 Å². The number of carbonyl (C=O) groups excluding carboxylic acids is 2. The Morgan fingerprint density at radius 1 is 1.31 bits per heavy atom. The van der Waals surface area contributed by atoms with Crippen LogP contribution in [0, 0.1) is 5.92 Å². The summed E-state index contributed by atoms with van der Waals surface area (Å²) in [6.07, 6.45) is 3.48. The van der Waals surface area contributed by atoms with E-state index in [0.717, 1.165) is 37.2 Å². The van der Waals surface area contributed by atoms with Crippen LogP contribution in [-0.4, -0.2) is 60.9 Å². The van der Waals surface area contributed by atoms with Gasteiger partial charge in [-0.3, -0.25) is 9.59 Å². The van der Waals surface area contributed by atoms with Gasteiger partial charge in [-0.2, -0.15) is 0 Å². The number of nitrogens with two attached hydrogens (primary N) is 1. The third kappa shape index (κ3) is 4.01. The molecule has 6 nitrogen and oxygen atoms in total. The van der Waals surface area contributed by atoms with Crippen LogP contribution in [0.25, 0.3) is 0 Å². The first-order chi connectivity index (χ1) is 12.6. The summed E-state index contributed by atoms with van der Waals surface area (Å²) in [5.74, 6) is 1.62. The van der Waals surface area contributed by atoms with Gasteiger partial charge in [0.2, 0.25) is 11.8 Å². The zero-order valence-electron chi connectivity index (χ0n) is 15.5. The Bertz CT molecular complexity index is 649. The van der Waals surface area contributed by atoms with Gasteiger partial charge in [0, 0.05) is 45.1 Å². The number of likely N-dealkylation sites (tertiary alicyclic amines) is 2. The SMILES string of the molecule is COc1ccccc1CCC(=O)N1CC[C@@H]2[C@@H](CCC(=O)N2CCN)C1. The lowest BCUT2D eigenvalue weighted by atomic mass is 9.83. The molecule has 2 atom stereocenters. The summed E-state index contributed by atoms with van der Waals surface area (Å²) in [4.78, 5) is 28.8. The molecule has 2 N–H and O–H groups in total. The van der Waals surface area contributed by atoms with Crippen LogP contribution >= 0.6 is 0 Å². The number of ether oxygens (including phenoxy) is 1. The van der Waals surface area contributed by atoms with Gasteiger partial charge < -0.3 is 20.3 Å². The fraction of sp³-hybridized carbons (Fsp3) is 0.600. The number of benzene rings is 1. The standard InChI is InChI=1S/C20H29N3O3/c1-26-18-5-3-2-4-15(18)6-8-19(24)22-12-10-17-16(14-22)7-9-20(25)23(17)13-11-21/h2-5,16-17H,6-14,21H2,1H3/t16-,17+/m0/s1. The molecule has 0 unspecified atom stereocenters. The Balaban J connectivity index is 1.56. The van der Waals surface area contributed by atoms with Gasteiger partial charge in [-0.05, 0) is 36.8 Å². The summed E-state index contributed by atoms with van der Waals surface area (Å²) in [7, 11) is 1.66. The fourth-order valence-electron chi connectivity index (χ4n) is 4.32. The van der Waals surface area contributed by atoms with Gasteiger partial charge in [-0.1, -0.05) is 18.2 Å². The zero-order chi connectivity index (χ0) is 18.5. The van der Waals surface area contributed by atoms with Crippen molar-refractivity contribution in [2.45, 2.75) is 38.1 Å². The van der Waals surface area contributed by atoms with Gasteiger partial charge in [-0.15, -0.1) is 0 Å². The molecule has 0 spiro atoms. The van der Waals surface area contributed by atoms with Crippen LogP contribution in [-0.2, 0) is 16.0 Å². The van der Waals surface area contributed by atoms with E-state index >= 15 is 0 Å². The van der Waals surface area contributed by atoms with Gasteiger partial charge in [-0.25, -0.2) is 0 Å². The zero-order valence-corrected chi connectivity index (χ0v) is 15.5. The number of hydrogen-bond donors (Lipinski definition) is 1. The number of carbonyl (C=O) groups is 2. The van der Waals surface area contributed by atoms with Gasteiger partial charge in [0.05, 0.1) is 7.11 Å². The molecule has 2 aliphatic heterocycles. The van der Waals surface area contributed by atoms with Crippen molar-refractivity contribution in [2.75, 3.05) is 33.3 Å². The molecule has 142 valence electrons. The lowest BCUT2D eigenvalue weighted by molar-refractivity contribution is -0.144. The van der Waals surface area contributed by atoms with Crippen molar-refractivity contribution >= 4 is 11.8 Å². The number of methoxy groups -OCH3 is 1. The number of para-hydroxylation sites is 1. The van der Waals surface area contributed by atoms with Crippen molar-refractivity contribution in [3.05, 3.63) is 29.8 Å². The Labute approximate surface area is 155 Å². The average molecular weight is 359 g/mol. The number of aryl methyl sites for hydroxylation is 1. The molecule has 1 aromatic rings. The molecule has 2 fully saturated rings. The average Bonchev–Trinajstić information content (AvgIpc) is 2.68. The van der Waals surface area contributed by atoms with Gasteiger partial charge in [0.15, 0.2) is 0 Å². The van der Waals surface area contributed by atoms with Crippen LogP contribution in [0.5, 0.6) is 5.75 Å². The molecular weight excluding hydrogens is 330 g/mol. The third-order valence-corrected chi connectivity index (χ3v) is 5.67. The van der Waals surface area contributed by atoms with Crippen LogP contribution in [0.15, 0.2) is 24.3 Å². The van der Waals surface area contributed by atoms with E-state index in [9.17, 15) is 9.59 Å². The molecule has 0 aliphatic carbocycles. The van der Waals surface area contributed by atoms with E-state index in [2.05, 4.69) is 0 Å². The summed E-state index contributed by atoms with van der Waals surface area (Å²) in [6.45, 7) is 2.60. The minimum absolute atomic E-state index is 0.191. The highest BCUT2D eigenvalue weighted by atomic mass is 16.5. The summed E-state index contributed by atoms with van der Waals surface area (Å²) < 4.78 is 5.37. The second kappa shape index (κ2) is 8.54. The molecule has 0 radical (unpaired) electrons. The van der Waals surface area contributed by atoms with Gasteiger partial charge in [0.25, 0.3) is 0 Å². The highest BCUT2D eigenvalue weighted by molar-refractivity contribution is 5.78. The first-order valence-electron chi connectivity index (χ1n) is 9.53. The molecule has 26 heavy (non-hydrogen) atoms. The maximum Gasteiger partial charge on any atom is 0.222 e. The smallest absolute Gasteiger partial charge is 0.222 e. The van der Waals surface area contributed by atoms with Crippen LogP contribution in [0.2, 0.25) is 0 Å². The number of nitrogens with zero attached hydrogens (tertiary/aromatic N) is 2. The molecule has 2 aliphatic rings. The lowest BCUT2D eigenvalue weighted by Crippen LogP contribution is -2.57. The highest BCUT2D eigenvalue weighted by Crippen LogP contribution is 2.31. The van der Waals surface area contributed by atoms with Crippen molar-refractivity contribution in [3.63, 3.8) is 0 Å². The molecule has 0 bridgehead atoms. The predicted molar refractivity (Wildman–Crippen MR) is 99.8 cm³/mol. The molecule has 2 saturated heterocycles. The lowest BCUT2D eigenvalue weighted by Gasteiger charge is -2.47. The topological polar surface area (TPSA) is 75.9 Å². The fourth-order valence-corrected chi connectivity index (χ4v) is 4.32. The van der Waals surface area contributed by atoms with Crippen molar-refractivity contribution in [3.8, 4) is 5.75 Å². The van der Waals surface area contributed by atoms with E-state index in [1.807, 2.05) is 34.1 Å². The second-order valence-electron chi connectivity index (χ2n) is 7.18. The summed E-state index contributed by atoms with van der Waals surface area (Å²) in [5, 5.41) is 0. The second-order valence-corrected chi connectivity index (χ2v) is 7.18. The first-order valence-corrected chi connectivity index (χ1v) is 9.53. The Morgan fingerprint density at radius 3 is 2.88 bits per heavy atom. The minimum Gasteiger partial charge on any atom is -0.496 e. The van der Waals surface area contributed by atoms with Crippen LogP contribution < -0.4 is 10.5 Å². The van der Waals surface area contributed by atoms with Crippen LogP contribution in [0.1, 0.15) is 31.2 Å². The summed E-state index contributed by atoms with van der Waals surface area (Å²) in [6, 6.07) is 8.09. The van der Waals surface area contributed by atoms with E-state index in [0.29, 0.717) is 38.3 Å². The summed E-state index contributed by atoms with van der Waals surface area (Å²) >= 11 is 0. The van der Waals surface area contributed by atoms with Crippen LogP contribution in [0.3, 0.4) is 0 Å². The third-order valence-electron chi connectivity index (χ3n) is 5.67. The number of hydrogen-bond acceptors (Lipinski definition) is 4. The van der Waals surface area contributed by atoms with E-state index in [1.54, 1.807) is 7.11 Å². The molecule has 0 aromatic heterocycles. The summed E-state index contributed by atoms with van der Waals surface area (Å²) in [5.41, 5.74) is 6.73. The molecular formula is C20H29N3O3. The predicted octanol–water partition coefficient (Wildman–Crippen LogP) is 1.43. The largest absolute Gasteiger partial charge is 0.496 e. The van der Waals surface area contributed by atoms with E-state index in [-0.39, 0.29) is 17.9 Å². The van der Waals surface area contributed by atoms with E-state index < -0.39 is 0 Å². The first kappa shape index (κ1) is 18.7. The van der Waals surface area contributed by atoms with Crippen molar-refractivity contribution in [1.29, 1.82) is 0 Å². The number of rotatable bonds is 6. The van der Waals surface area contributed by atoms with Crippen molar-refractivity contribution in [2.24, 2.45) is 11.7 Å². The van der Waals surface area contributed by atoms with Crippen molar-refractivity contribution in [1.82, 2.24) is 9.80 Å². The number of fused-ring (bicyclic) bond motifs is 1. The maximum atomic E-state index is 12.7. The molecule has 2 heterocycles. The van der Waals surface area contributed by atoms with E-state index in [4.69, 9.17) is 10.5 Å². The molecule has 0 saturated carbocycles. The van der Waals surface area contributed by atoms with Gasteiger partial charge >= 0.3 is 0 Å². The number of piperidine rings is 2.